The monoisotopic (exact) mass is 347 g/mol. The molecule has 1 atom stereocenters. The molecule has 0 aliphatic carbocycles. The second-order valence-electron chi connectivity index (χ2n) is 7.22. The van der Waals surface area contributed by atoms with Gasteiger partial charge in [-0.1, -0.05) is 26.0 Å². The standard InChI is InChI=1S/C21H25N5/c1-16(2)21-23-11-13-26(21)20-9-3-7-18(24-20)19-8-5-12-25(19)15-17-6-4-10-22-14-17/h3-4,6-7,9-11,13-14,16,19H,5,8,12,15H2,1-2H3/t19-/m1/s1. The molecule has 26 heavy (non-hydrogen) atoms. The molecule has 3 aromatic heterocycles. The molecule has 0 N–H and O–H groups in total. The molecule has 0 aromatic carbocycles. The minimum atomic E-state index is 0.362. The van der Waals surface area contributed by atoms with Crippen LogP contribution in [-0.4, -0.2) is 31.0 Å². The minimum Gasteiger partial charge on any atom is -0.290 e. The van der Waals surface area contributed by atoms with Gasteiger partial charge in [0.05, 0.1) is 11.7 Å². The molecule has 0 spiro atoms. The molecule has 5 nitrogen and oxygen atoms in total. The van der Waals surface area contributed by atoms with Crippen LogP contribution in [0.2, 0.25) is 0 Å². The van der Waals surface area contributed by atoms with Crippen LogP contribution in [0.25, 0.3) is 5.82 Å². The van der Waals surface area contributed by atoms with Crippen molar-refractivity contribution in [2.75, 3.05) is 6.54 Å². The van der Waals surface area contributed by atoms with E-state index in [1.807, 2.05) is 30.9 Å². The molecular weight excluding hydrogens is 322 g/mol. The number of aromatic nitrogens is 4. The molecule has 1 aliphatic heterocycles. The number of nitrogens with zero attached hydrogens (tertiary/aromatic N) is 5. The van der Waals surface area contributed by atoms with Crippen LogP contribution in [0.4, 0.5) is 0 Å². The van der Waals surface area contributed by atoms with Gasteiger partial charge < -0.3 is 0 Å². The van der Waals surface area contributed by atoms with E-state index < -0.39 is 0 Å². The Morgan fingerprint density at radius 3 is 2.88 bits per heavy atom. The summed E-state index contributed by atoms with van der Waals surface area (Å²) in [6.07, 6.45) is 10.0. The minimum absolute atomic E-state index is 0.362. The molecule has 0 unspecified atom stereocenters. The summed E-state index contributed by atoms with van der Waals surface area (Å²) in [4.78, 5) is 16.3. The zero-order valence-corrected chi connectivity index (χ0v) is 15.4. The van der Waals surface area contributed by atoms with Crippen LogP contribution in [-0.2, 0) is 6.54 Å². The van der Waals surface area contributed by atoms with E-state index in [-0.39, 0.29) is 0 Å². The lowest BCUT2D eigenvalue weighted by molar-refractivity contribution is 0.244. The van der Waals surface area contributed by atoms with Gasteiger partial charge in [-0.15, -0.1) is 0 Å². The topological polar surface area (TPSA) is 46.8 Å². The Balaban J connectivity index is 1.60. The van der Waals surface area contributed by atoms with E-state index in [4.69, 9.17) is 4.98 Å². The number of likely N-dealkylation sites (tertiary alicyclic amines) is 1. The highest BCUT2D eigenvalue weighted by Gasteiger charge is 2.27. The van der Waals surface area contributed by atoms with Crippen molar-refractivity contribution < 1.29 is 0 Å². The molecule has 0 bridgehead atoms. The van der Waals surface area contributed by atoms with Crippen LogP contribution in [0.15, 0.2) is 55.1 Å². The van der Waals surface area contributed by atoms with Gasteiger partial charge in [0.1, 0.15) is 11.6 Å². The molecule has 1 aliphatic rings. The van der Waals surface area contributed by atoms with Crippen LogP contribution in [0.3, 0.4) is 0 Å². The van der Waals surface area contributed by atoms with E-state index in [0.717, 1.165) is 36.8 Å². The average Bonchev–Trinajstić information content (AvgIpc) is 3.32. The Bertz CT molecular complexity index is 856. The molecule has 0 radical (unpaired) electrons. The zero-order chi connectivity index (χ0) is 17.9. The second-order valence-corrected chi connectivity index (χ2v) is 7.22. The first-order chi connectivity index (χ1) is 12.7. The number of imidazole rings is 1. The van der Waals surface area contributed by atoms with Gasteiger partial charge in [0, 0.05) is 37.3 Å². The van der Waals surface area contributed by atoms with Gasteiger partial charge in [0.15, 0.2) is 0 Å². The summed E-state index contributed by atoms with van der Waals surface area (Å²) in [5.41, 5.74) is 2.40. The molecule has 1 saturated heterocycles. The van der Waals surface area contributed by atoms with E-state index >= 15 is 0 Å². The predicted molar refractivity (Wildman–Crippen MR) is 102 cm³/mol. The predicted octanol–water partition coefficient (Wildman–Crippen LogP) is 4.12. The Labute approximate surface area is 154 Å². The van der Waals surface area contributed by atoms with Crippen molar-refractivity contribution >= 4 is 0 Å². The van der Waals surface area contributed by atoms with Crippen molar-refractivity contribution in [1.29, 1.82) is 0 Å². The summed E-state index contributed by atoms with van der Waals surface area (Å²) in [5.74, 6) is 2.37. The van der Waals surface area contributed by atoms with Crippen molar-refractivity contribution in [3.05, 3.63) is 72.2 Å². The van der Waals surface area contributed by atoms with Crippen molar-refractivity contribution in [3.63, 3.8) is 0 Å². The third-order valence-electron chi connectivity index (χ3n) is 5.00. The third-order valence-corrected chi connectivity index (χ3v) is 5.00. The quantitative estimate of drug-likeness (QED) is 0.696. The van der Waals surface area contributed by atoms with E-state index in [1.165, 1.54) is 12.0 Å². The van der Waals surface area contributed by atoms with Gasteiger partial charge in [-0.3, -0.25) is 14.5 Å². The number of pyridine rings is 2. The first kappa shape index (κ1) is 16.9. The molecule has 134 valence electrons. The Hall–Kier alpha value is -2.53. The summed E-state index contributed by atoms with van der Waals surface area (Å²) in [5, 5.41) is 0. The van der Waals surface area contributed by atoms with Crippen LogP contribution >= 0.6 is 0 Å². The zero-order valence-electron chi connectivity index (χ0n) is 15.4. The Kier molecular flexibility index (Phi) is 4.80. The SMILES string of the molecule is CC(C)c1nccn1-c1cccc([C@H]2CCCN2Cc2cccnc2)n1. The summed E-state index contributed by atoms with van der Waals surface area (Å²) < 4.78 is 2.11. The van der Waals surface area contributed by atoms with Gasteiger partial charge in [-0.05, 0) is 43.1 Å². The molecule has 0 saturated carbocycles. The number of hydrogen-bond donors (Lipinski definition) is 0. The second kappa shape index (κ2) is 7.38. The van der Waals surface area contributed by atoms with Gasteiger partial charge >= 0.3 is 0 Å². The molecular formula is C21H25N5. The normalized spacial score (nSPS) is 17.9. The molecule has 4 rings (SSSR count). The maximum atomic E-state index is 5.00. The largest absolute Gasteiger partial charge is 0.290 e. The summed E-state index contributed by atoms with van der Waals surface area (Å²) >= 11 is 0. The smallest absolute Gasteiger partial charge is 0.138 e. The molecule has 3 aromatic rings. The van der Waals surface area contributed by atoms with Crippen molar-refractivity contribution in [3.8, 4) is 5.82 Å². The highest BCUT2D eigenvalue weighted by molar-refractivity contribution is 5.29. The lowest BCUT2D eigenvalue weighted by atomic mass is 10.1. The first-order valence-electron chi connectivity index (χ1n) is 9.36. The fourth-order valence-corrected chi connectivity index (χ4v) is 3.77. The summed E-state index contributed by atoms with van der Waals surface area (Å²) in [6.45, 7) is 6.35. The summed E-state index contributed by atoms with van der Waals surface area (Å²) in [7, 11) is 0. The molecule has 1 fully saturated rings. The highest BCUT2D eigenvalue weighted by atomic mass is 15.2. The Morgan fingerprint density at radius 2 is 2.08 bits per heavy atom. The van der Waals surface area contributed by atoms with Crippen molar-refractivity contribution in [2.45, 2.75) is 45.2 Å². The number of hydrogen-bond acceptors (Lipinski definition) is 4. The lowest BCUT2D eigenvalue weighted by Crippen LogP contribution is -2.23. The van der Waals surface area contributed by atoms with E-state index in [9.17, 15) is 0 Å². The van der Waals surface area contributed by atoms with Crippen LogP contribution in [0, 0.1) is 0 Å². The first-order valence-corrected chi connectivity index (χ1v) is 9.36. The maximum absolute atomic E-state index is 5.00. The average molecular weight is 347 g/mol. The van der Waals surface area contributed by atoms with Crippen molar-refractivity contribution in [2.24, 2.45) is 0 Å². The molecule has 4 heterocycles. The van der Waals surface area contributed by atoms with Crippen LogP contribution < -0.4 is 0 Å². The van der Waals surface area contributed by atoms with Crippen LogP contribution in [0.5, 0.6) is 0 Å². The Morgan fingerprint density at radius 1 is 1.15 bits per heavy atom. The van der Waals surface area contributed by atoms with E-state index in [1.54, 1.807) is 0 Å². The van der Waals surface area contributed by atoms with Crippen LogP contribution in [0.1, 0.15) is 55.7 Å². The lowest BCUT2D eigenvalue weighted by Gasteiger charge is -2.24. The highest BCUT2D eigenvalue weighted by Crippen LogP contribution is 2.32. The summed E-state index contributed by atoms with van der Waals surface area (Å²) in [6, 6.07) is 10.8. The van der Waals surface area contributed by atoms with E-state index in [2.05, 4.69) is 57.5 Å². The van der Waals surface area contributed by atoms with Gasteiger partial charge in [0.2, 0.25) is 0 Å². The number of rotatable bonds is 5. The van der Waals surface area contributed by atoms with Crippen molar-refractivity contribution in [1.82, 2.24) is 24.4 Å². The maximum Gasteiger partial charge on any atom is 0.138 e. The van der Waals surface area contributed by atoms with Gasteiger partial charge in [-0.2, -0.15) is 0 Å². The van der Waals surface area contributed by atoms with Gasteiger partial charge in [0.25, 0.3) is 0 Å². The fraction of sp³-hybridized carbons (Fsp3) is 0.381. The van der Waals surface area contributed by atoms with Gasteiger partial charge in [-0.25, -0.2) is 9.97 Å². The molecule has 5 heteroatoms. The fourth-order valence-electron chi connectivity index (χ4n) is 3.77. The third kappa shape index (κ3) is 3.40. The molecule has 0 amide bonds. The van der Waals surface area contributed by atoms with E-state index in [0.29, 0.717) is 12.0 Å².